The third-order valence-corrected chi connectivity index (χ3v) is 3.64. The van der Waals surface area contributed by atoms with Crippen LogP contribution in [0.5, 0.6) is 0 Å². The molecular weight excluding hydrogens is 298 g/mol. The van der Waals surface area contributed by atoms with Crippen LogP contribution in [0.1, 0.15) is 17.7 Å². The molecule has 4 nitrogen and oxygen atoms in total. The lowest BCUT2D eigenvalue weighted by Crippen LogP contribution is -2.02. The molecule has 2 heterocycles. The summed E-state index contributed by atoms with van der Waals surface area (Å²) in [7, 11) is 0. The quantitative estimate of drug-likeness (QED) is 0.797. The van der Waals surface area contributed by atoms with E-state index < -0.39 is 6.55 Å². The molecule has 118 valence electrons. The van der Waals surface area contributed by atoms with Crippen molar-refractivity contribution in [1.82, 2.24) is 14.8 Å². The third-order valence-electron chi connectivity index (χ3n) is 3.64. The van der Waals surface area contributed by atoms with Crippen molar-refractivity contribution in [2.75, 3.05) is 0 Å². The lowest BCUT2D eigenvalue weighted by Gasteiger charge is -2.09. The zero-order chi connectivity index (χ0) is 16.4. The van der Waals surface area contributed by atoms with Gasteiger partial charge in [0.25, 0.3) is 0 Å². The van der Waals surface area contributed by atoms with E-state index in [0.717, 1.165) is 27.9 Å². The number of hydrogen-bond donors (Lipinski definition) is 1. The van der Waals surface area contributed by atoms with Gasteiger partial charge in [0.15, 0.2) is 0 Å². The van der Waals surface area contributed by atoms with Crippen LogP contribution < -0.4 is 5.73 Å². The van der Waals surface area contributed by atoms with E-state index in [0.29, 0.717) is 10.4 Å². The van der Waals surface area contributed by atoms with Gasteiger partial charge in [-0.2, -0.15) is 13.9 Å². The fraction of sp³-hybridized carbons (Fsp3) is 0.176. The Morgan fingerprint density at radius 2 is 1.87 bits per heavy atom. The number of pyridine rings is 1. The molecule has 6 heteroatoms. The highest BCUT2D eigenvalue weighted by Gasteiger charge is 2.13. The van der Waals surface area contributed by atoms with Gasteiger partial charge in [0.2, 0.25) is 0 Å². The maximum Gasteiger partial charge on any atom is 0.333 e. The highest BCUT2D eigenvalue weighted by molar-refractivity contribution is 5.70. The second kappa shape index (κ2) is 6.26. The van der Waals surface area contributed by atoms with E-state index in [-0.39, 0.29) is 6.54 Å². The number of aryl methyl sites for hydroxylation is 1. The van der Waals surface area contributed by atoms with Gasteiger partial charge < -0.3 is 5.73 Å². The van der Waals surface area contributed by atoms with E-state index in [1.54, 1.807) is 12.3 Å². The molecule has 0 saturated heterocycles. The average molecular weight is 314 g/mol. The highest BCUT2D eigenvalue weighted by atomic mass is 19.3. The van der Waals surface area contributed by atoms with E-state index in [4.69, 9.17) is 5.73 Å². The molecule has 0 atom stereocenters. The van der Waals surface area contributed by atoms with Gasteiger partial charge in [-0.05, 0) is 24.6 Å². The van der Waals surface area contributed by atoms with Crippen LogP contribution in [-0.2, 0) is 6.54 Å². The molecule has 23 heavy (non-hydrogen) atoms. The predicted octanol–water partition coefficient (Wildman–Crippen LogP) is 3.77. The van der Waals surface area contributed by atoms with Crippen molar-refractivity contribution in [1.29, 1.82) is 0 Å². The van der Waals surface area contributed by atoms with Gasteiger partial charge in [0, 0.05) is 30.1 Å². The predicted molar refractivity (Wildman–Crippen MR) is 84.8 cm³/mol. The number of hydrogen-bond acceptors (Lipinski definition) is 3. The van der Waals surface area contributed by atoms with Crippen LogP contribution in [0.15, 0.2) is 48.8 Å². The van der Waals surface area contributed by atoms with Gasteiger partial charge >= 0.3 is 6.55 Å². The minimum absolute atomic E-state index is 0.262. The molecular formula is C17H16F2N4. The van der Waals surface area contributed by atoms with E-state index in [1.165, 1.54) is 6.20 Å². The van der Waals surface area contributed by atoms with Crippen molar-refractivity contribution in [2.24, 2.45) is 5.73 Å². The fourth-order valence-electron chi connectivity index (χ4n) is 2.36. The monoisotopic (exact) mass is 314 g/mol. The molecule has 3 aromatic rings. The summed E-state index contributed by atoms with van der Waals surface area (Å²) in [5.74, 6) is 0. The van der Waals surface area contributed by atoms with Crippen LogP contribution in [0.25, 0.3) is 22.5 Å². The number of nitrogens with zero attached hydrogens (tertiary/aromatic N) is 3. The molecule has 0 aliphatic rings. The first-order valence-corrected chi connectivity index (χ1v) is 7.18. The largest absolute Gasteiger partial charge is 0.333 e. The second-order valence-corrected chi connectivity index (χ2v) is 5.26. The molecule has 2 aromatic heterocycles. The van der Waals surface area contributed by atoms with Crippen LogP contribution >= 0.6 is 0 Å². The standard InChI is InChI=1S/C17H16F2N4/c1-11-2-4-12(5-3-11)16-8-14(13(9-20)10-21-16)15-6-7-23(22-15)17(18)19/h2-8,10,17H,9,20H2,1H3. The van der Waals surface area contributed by atoms with Crippen molar-refractivity contribution >= 4 is 0 Å². The molecule has 3 rings (SSSR count). The lowest BCUT2D eigenvalue weighted by atomic mass is 10.0. The van der Waals surface area contributed by atoms with Crippen LogP contribution in [0.2, 0.25) is 0 Å². The number of nitrogens with two attached hydrogens (primary N) is 1. The normalized spacial score (nSPS) is 11.2. The molecule has 0 radical (unpaired) electrons. The van der Waals surface area contributed by atoms with Crippen molar-refractivity contribution < 1.29 is 8.78 Å². The lowest BCUT2D eigenvalue weighted by molar-refractivity contribution is 0.0568. The van der Waals surface area contributed by atoms with Crippen molar-refractivity contribution in [3.63, 3.8) is 0 Å². The van der Waals surface area contributed by atoms with Crippen molar-refractivity contribution in [3.05, 3.63) is 59.9 Å². The zero-order valence-electron chi connectivity index (χ0n) is 12.6. The Balaban J connectivity index is 2.07. The Morgan fingerprint density at radius 3 is 2.48 bits per heavy atom. The fourth-order valence-corrected chi connectivity index (χ4v) is 2.36. The smallest absolute Gasteiger partial charge is 0.326 e. The maximum atomic E-state index is 12.7. The molecule has 2 N–H and O–H groups in total. The topological polar surface area (TPSA) is 56.7 Å². The van der Waals surface area contributed by atoms with E-state index in [9.17, 15) is 8.78 Å². The van der Waals surface area contributed by atoms with Crippen LogP contribution in [0, 0.1) is 6.92 Å². The van der Waals surface area contributed by atoms with Crippen molar-refractivity contribution in [2.45, 2.75) is 20.0 Å². The Kier molecular flexibility index (Phi) is 4.16. The van der Waals surface area contributed by atoms with Gasteiger partial charge in [-0.1, -0.05) is 29.8 Å². The maximum absolute atomic E-state index is 12.7. The average Bonchev–Trinajstić information content (AvgIpc) is 3.05. The highest BCUT2D eigenvalue weighted by Crippen LogP contribution is 2.27. The zero-order valence-corrected chi connectivity index (χ0v) is 12.6. The molecule has 0 fully saturated rings. The first-order chi connectivity index (χ1) is 11.1. The molecule has 0 aliphatic heterocycles. The number of rotatable bonds is 4. The summed E-state index contributed by atoms with van der Waals surface area (Å²) in [5, 5.41) is 3.92. The van der Waals surface area contributed by atoms with Gasteiger partial charge in [0.05, 0.1) is 11.4 Å². The summed E-state index contributed by atoms with van der Waals surface area (Å²) >= 11 is 0. The number of benzene rings is 1. The minimum Gasteiger partial charge on any atom is -0.326 e. The molecule has 0 bridgehead atoms. The molecule has 1 aromatic carbocycles. The number of alkyl halides is 2. The Morgan fingerprint density at radius 1 is 1.13 bits per heavy atom. The Labute approximate surface area is 132 Å². The molecule has 0 aliphatic carbocycles. The summed E-state index contributed by atoms with van der Waals surface area (Å²) < 4.78 is 26.1. The molecule has 0 saturated carbocycles. The first kappa shape index (κ1) is 15.3. The second-order valence-electron chi connectivity index (χ2n) is 5.26. The summed E-state index contributed by atoms with van der Waals surface area (Å²) in [5.41, 5.74) is 10.5. The van der Waals surface area contributed by atoms with Crippen LogP contribution in [-0.4, -0.2) is 14.8 Å². The van der Waals surface area contributed by atoms with Crippen LogP contribution in [0.3, 0.4) is 0 Å². The SMILES string of the molecule is Cc1ccc(-c2cc(-c3ccn(C(F)F)n3)c(CN)cn2)cc1. The van der Waals surface area contributed by atoms with Crippen LogP contribution in [0.4, 0.5) is 8.78 Å². The summed E-state index contributed by atoms with van der Waals surface area (Å²) in [4.78, 5) is 4.41. The van der Waals surface area contributed by atoms with Gasteiger partial charge in [-0.15, -0.1) is 0 Å². The van der Waals surface area contributed by atoms with E-state index in [1.807, 2.05) is 37.3 Å². The van der Waals surface area contributed by atoms with E-state index >= 15 is 0 Å². The number of halogens is 2. The first-order valence-electron chi connectivity index (χ1n) is 7.18. The minimum atomic E-state index is -2.66. The third kappa shape index (κ3) is 3.12. The molecule has 0 spiro atoms. The molecule has 0 amide bonds. The summed E-state index contributed by atoms with van der Waals surface area (Å²) in [6.45, 7) is -0.390. The van der Waals surface area contributed by atoms with Gasteiger partial charge in [-0.3, -0.25) is 4.98 Å². The van der Waals surface area contributed by atoms with Gasteiger partial charge in [-0.25, -0.2) is 4.68 Å². The van der Waals surface area contributed by atoms with Gasteiger partial charge in [0.1, 0.15) is 0 Å². The summed E-state index contributed by atoms with van der Waals surface area (Å²) in [6.07, 6.45) is 2.93. The number of aromatic nitrogens is 3. The molecule has 0 unspecified atom stereocenters. The Bertz CT molecular complexity index is 810. The van der Waals surface area contributed by atoms with Crippen molar-refractivity contribution in [3.8, 4) is 22.5 Å². The van der Waals surface area contributed by atoms with E-state index in [2.05, 4.69) is 10.1 Å². The summed E-state index contributed by atoms with van der Waals surface area (Å²) in [6, 6.07) is 11.3. The Hall–Kier alpha value is -2.60.